The molecule has 1 amide bonds. The number of carbonyl (C=O) groups is 1. The summed E-state index contributed by atoms with van der Waals surface area (Å²) in [7, 11) is 0. The van der Waals surface area contributed by atoms with E-state index >= 15 is 0 Å². The van der Waals surface area contributed by atoms with Crippen LogP contribution in [0.5, 0.6) is 0 Å². The predicted molar refractivity (Wildman–Crippen MR) is 93.0 cm³/mol. The van der Waals surface area contributed by atoms with Crippen LogP contribution >= 0.6 is 11.8 Å². The summed E-state index contributed by atoms with van der Waals surface area (Å²) < 4.78 is 7.62. The molecule has 3 heterocycles. The van der Waals surface area contributed by atoms with Gasteiger partial charge in [0.05, 0.1) is 6.33 Å². The maximum Gasteiger partial charge on any atom is 0.252 e. The summed E-state index contributed by atoms with van der Waals surface area (Å²) in [5, 5.41) is 27.0. The molecule has 0 radical (unpaired) electrons. The van der Waals surface area contributed by atoms with Gasteiger partial charge in [-0.15, -0.1) is 0 Å². The Kier molecular flexibility index (Phi) is 5.94. The number of amides is 1. The lowest BCUT2D eigenvalue weighted by molar-refractivity contribution is -0.171. The standard InChI is InChI=1S/C15H23N5O4S/c1-2-17-15-19-9-10(21)11(22)12(24-14(9)25-15)13(23)18-4-3-6-20-7-5-16-8-20/h5,7-12,14,21-22H,2-4,6H2,1H3,(H,17,19)(H,18,23)/t9-,10-,11+,12+,14-/m1/s1. The molecule has 9 nitrogen and oxygen atoms in total. The zero-order valence-corrected chi connectivity index (χ0v) is 14.7. The number of aliphatic imine (C=N–C) groups is 1. The van der Waals surface area contributed by atoms with Crippen LogP contribution in [0.25, 0.3) is 0 Å². The van der Waals surface area contributed by atoms with E-state index in [1.165, 1.54) is 11.8 Å². The van der Waals surface area contributed by atoms with Gasteiger partial charge in [-0.25, -0.2) is 4.98 Å². The molecule has 3 rings (SSSR count). The first-order valence-electron chi connectivity index (χ1n) is 8.33. The Balaban J connectivity index is 1.49. The van der Waals surface area contributed by atoms with Gasteiger partial charge in [-0.3, -0.25) is 9.79 Å². The van der Waals surface area contributed by atoms with E-state index in [9.17, 15) is 15.0 Å². The maximum absolute atomic E-state index is 12.3. The maximum atomic E-state index is 12.3. The van der Waals surface area contributed by atoms with Gasteiger partial charge in [-0.2, -0.15) is 0 Å². The van der Waals surface area contributed by atoms with Crippen LogP contribution in [0, 0.1) is 0 Å². The number of fused-ring (bicyclic) bond motifs is 1. The first-order valence-corrected chi connectivity index (χ1v) is 9.21. The highest BCUT2D eigenvalue weighted by Gasteiger charge is 2.50. The number of hydrogen-bond donors (Lipinski definition) is 4. The van der Waals surface area contributed by atoms with E-state index < -0.39 is 35.7 Å². The van der Waals surface area contributed by atoms with Crippen molar-refractivity contribution in [3.8, 4) is 0 Å². The number of aryl methyl sites for hydroxylation is 1. The molecule has 10 heteroatoms. The van der Waals surface area contributed by atoms with E-state index in [-0.39, 0.29) is 0 Å². The number of amidine groups is 1. The average molecular weight is 369 g/mol. The molecule has 0 bridgehead atoms. The number of aromatic nitrogens is 2. The van der Waals surface area contributed by atoms with Crippen molar-refractivity contribution in [2.45, 2.75) is 49.7 Å². The number of thioether (sulfide) groups is 1. The largest absolute Gasteiger partial charge is 0.388 e. The van der Waals surface area contributed by atoms with Gasteiger partial charge >= 0.3 is 0 Å². The number of hydrogen-bond acceptors (Lipinski definition) is 8. The third-order valence-corrected chi connectivity index (χ3v) is 5.20. The Morgan fingerprint density at radius 2 is 2.28 bits per heavy atom. The molecule has 1 aromatic heterocycles. The number of nitrogens with one attached hydrogen (secondary N) is 2. The van der Waals surface area contributed by atoms with E-state index in [0.717, 1.165) is 13.0 Å². The first kappa shape index (κ1) is 18.2. The zero-order valence-electron chi connectivity index (χ0n) is 13.9. The molecular formula is C15H23N5O4S. The topological polar surface area (TPSA) is 121 Å². The van der Waals surface area contributed by atoms with Crippen molar-refractivity contribution in [2.24, 2.45) is 4.99 Å². The molecule has 0 aliphatic carbocycles. The molecule has 1 saturated heterocycles. The molecule has 5 atom stereocenters. The van der Waals surface area contributed by atoms with Crippen molar-refractivity contribution in [3.63, 3.8) is 0 Å². The number of ether oxygens (including phenoxy) is 1. The highest BCUT2D eigenvalue weighted by atomic mass is 32.2. The van der Waals surface area contributed by atoms with Gasteiger partial charge in [0.2, 0.25) is 0 Å². The van der Waals surface area contributed by atoms with Gasteiger partial charge in [0, 0.05) is 32.0 Å². The summed E-state index contributed by atoms with van der Waals surface area (Å²) in [6.45, 7) is 3.82. The third-order valence-electron chi connectivity index (χ3n) is 4.10. The average Bonchev–Trinajstić information content (AvgIpc) is 3.24. The second-order valence-corrected chi connectivity index (χ2v) is 7.01. The molecule has 1 fully saturated rings. The molecule has 1 aromatic rings. The van der Waals surface area contributed by atoms with Crippen LogP contribution in [0.2, 0.25) is 0 Å². The molecular weight excluding hydrogens is 346 g/mol. The van der Waals surface area contributed by atoms with Gasteiger partial charge in [-0.1, -0.05) is 11.8 Å². The molecule has 138 valence electrons. The van der Waals surface area contributed by atoms with Crippen LogP contribution in [-0.2, 0) is 16.1 Å². The normalized spacial score (nSPS) is 31.3. The van der Waals surface area contributed by atoms with E-state index in [4.69, 9.17) is 4.74 Å². The van der Waals surface area contributed by atoms with E-state index in [2.05, 4.69) is 20.6 Å². The number of rotatable bonds is 6. The fourth-order valence-corrected chi connectivity index (χ4v) is 3.97. The van der Waals surface area contributed by atoms with Gasteiger partial charge in [0.25, 0.3) is 5.91 Å². The van der Waals surface area contributed by atoms with E-state index in [1.807, 2.05) is 17.7 Å². The fraction of sp³-hybridized carbons (Fsp3) is 0.667. The number of carbonyl (C=O) groups excluding carboxylic acids is 1. The summed E-state index contributed by atoms with van der Waals surface area (Å²) in [4.78, 5) is 20.6. The molecule has 4 N–H and O–H groups in total. The lowest BCUT2D eigenvalue weighted by Gasteiger charge is -2.37. The number of imidazole rings is 1. The van der Waals surface area contributed by atoms with Crippen LogP contribution in [-0.4, -0.2) is 73.7 Å². The van der Waals surface area contributed by atoms with Crippen molar-refractivity contribution in [1.29, 1.82) is 0 Å². The Morgan fingerprint density at radius 3 is 3.00 bits per heavy atom. The summed E-state index contributed by atoms with van der Waals surface area (Å²) in [6, 6.07) is -0.570. The quantitative estimate of drug-likeness (QED) is 0.471. The van der Waals surface area contributed by atoms with Crippen molar-refractivity contribution >= 4 is 22.8 Å². The van der Waals surface area contributed by atoms with Crippen LogP contribution in [0.1, 0.15) is 13.3 Å². The molecule has 25 heavy (non-hydrogen) atoms. The van der Waals surface area contributed by atoms with Crippen LogP contribution in [0.3, 0.4) is 0 Å². The SMILES string of the molecule is CCNC1=N[C@@H]2[C@@H](O)[C@H](O)[C@@H](C(=O)NCCCn3ccnc3)O[C@@H]2S1. The molecule has 0 saturated carbocycles. The highest BCUT2D eigenvalue weighted by Crippen LogP contribution is 2.35. The Hall–Kier alpha value is -1.62. The summed E-state index contributed by atoms with van der Waals surface area (Å²) in [5.41, 5.74) is -0.478. The molecule has 0 spiro atoms. The second kappa shape index (κ2) is 8.17. The minimum Gasteiger partial charge on any atom is -0.388 e. The van der Waals surface area contributed by atoms with Crippen molar-refractivity contribution in [1.82, 2.24) is 20.2 Å². The zero-order chi connectivity index (χ0) is 17.8. The lowest BCUT2D eigenvalue weighted by atomic mass is 9.98. The molecule has 0 aromatic carbocycles. The minimum absolute atomic E-state index is 0.423. The monoisotopic (exact) mass is 369 g/mol. The van der Waals surface area contributed by atoms with Gasteiger partial charge in [-0.05, 0) is 13.3 Å². The van der Waals surface area contributed by atoms with E-state index in [1.54, 1.807) is 12.5 Å². The Bertz CT molecular complexity index is 611. The van der Waals surface area contributed by atoms with Gasteiger partial charge in [0.1, 0.15) is 23.7 Å². The van der Waals surface area contributed by atoms with E-state index in [0.29, 0.717) is 18.3 Å². The summed E-state index contributed by atoms with van der Waals surface area (Å²) in [5.74, 6) is -0.423. The Morgan fingerprint density at radius 1 is 1.44 bits per heavy atom. The van der Waals surface area contributed by atoms with Crippen LogP contribution in [0.4, 0.5) is 0 Å². The van der Waals surface area contributed by atoms with Crippen LogP contribution < -0.4 is 10.6 Å². The second-order valence-electron chi connectivity index (χ2n) is 5.92. The Labute approximate surface area is 149 Å². The van der Waals surface area contributed by atoms with Crippen molar-refractivity contribution in [3.05, 3.63) is 18.7 Å². The third kappa shape index (κ3) is 4.14. The highest BCUT2D eigenvalue weighted by molar-refractivity contribution is 8.14. The smallest absolute Gasteiger partial charge is 0.252 e. The number of aliphatic hydroxyl groups excluding tert-OH is 2. The molecule has 2 aliphatic heterocycles. The summed E-state index contributed by atoms with van der Waals surface area (Å²) in [6.07, 6.45) is 2.45. The number of nitrogens with zero attached hydrogens (tertiary/aromatic N) is 3. The lowest BCUT2D eigenvalue weighted by Crippen LogP contribution is -2.59. The predicted octanol–water partition coefficient (Wildman–Crippen LogP) is -1.08. The van der Waals surface area contributed by atoms with Gasteiger partial charge in [0.15, 0.2) is 11.3 Å². The van der Waals surface area contributed by atoms with Gasteiger partial charge < -0.3 is 30.2 Å². The molecule has 2 aliphatic rings. The summed E-state index contributed by atoms with van der Waals surface area (Å²) >= 11 is 1.33. The minimum atomic E-state index is -1.31. The van der Waals surface area contributed by atoms with Crippen LogP contribution in [0.15, 0.2) is 23.7 Å². The van der Waals surface area contributed by atoms with Crippen molar-refractivity contribution in [2.75, 3.05) is 13.1 Å². The fourth-order valence-electron chi connectivity index (χ4n) is 2.81. The molecule has 0 unspecified atom stereocenters. The van der Waals surface area contributed by atoms with Crippen molar-refractivity contribution < 1.29 is 19.7 Å². The number of aliphatic hydroxyl groups is 2. The first-order chi connectivity index (χ1) is 12.1.